The van der Waals surface area contributed by atoms with Crippen LogP contribution in [0.25, 0.3) is 121 Å². The minimum atomic E-state index is -0.146. The fourth-order valence-electron chi connectivity index (χ4n) is 12.5. The fraction of sp³-hybridized carbons (Fsp3) is 0.100. The molecule has 2 aliphatic carbocycles. The molecular formula is C60H40N2O2. The van der Waals surface area contributed by atoms with E-state index in [1.54, 1.807) is 0 Å². The van der Waals surface area contributed by atoms with E-state index in [2.05, 4.69) is 207 Å². The first-order chi connectivity index (χ1) is 31.3. The lowest BCUT2D eigenvalue weighted by molar-refractivity contribution is 0.660. The Bertz CT molecular complexity index is 3980. The zero-order chi connectivity index (χ0) is 42.4. The van der Waals surface area contributed by atoms with Crippen LogP contribution in [0.3, 0.4) is 0 Å². The smallest absolute Gasteiger partial charge is 0.136 e. The first-order valence-electron chi connectivity index (χ1n) is 22.4. The van der Waals surface area contributed by atoms with Gasteiger partial charge in [0.1, 0.15) is 22.3 Å². The molecule has 0 bridgehead atoms. The maximum Gasteiger partial charge on any atom is 0.136 e. The third kappa shape index (κ3) is 4.06. The highest BCUT2D eigenvalue weighted by molar-refractivity contribution is 6.32. The average molecular weight is 821 g/mol. The predicted octanol–water partition coefficient (Wildman–Crippen LogP) is 16.3. The summed E-state index contributed by atoms with van der Waals surface area (Å²) in [6, 6.07) is 62.7. The van der Waals surface area contributed by atoms with Crippen LogP contribution >= 0.6 is 0 Å². The molecule has 64 heavy (non-hydrogen) atoms. The van der Waals surface area contributed by atoms with Gasteiger partial charge in [0.05, 0.1) is 33.4 Å². The van der Waals surface area contributed by atoms with E-state index in [1.165, 1.54) is 77.4 Å². The van der Waals surface area contributed by atoms with Gasteiger partial charge in [0.25, 0.3) is 0 Å². The Morgan fingerprint density at radius 2 is 0.734 bits per heavy atom. The molecule has 4 nitrogen and oxygen atoms in total. The molecule has 0 N–H and O–H groups in total. The summed E-state index contributed by atoms with van der Waals surface area (Å²) in [5, 5.41) is 9.31. The van der Waals surface area contributed by atoms with E-state index in [-0.39, 0.29) is 10.8 Å². The summed E-state index contributed by atoms with van der Waals surface area (Å²) < 4.78 is 18.4. The normalized spacial score (nSPS) is 14.8. The third-order valence-corrected chi connectivity index (χ3v) is 15.3. The van der Waals surface area contributed by atoms with Gasteiger partial charge in [-0.2, -0.15) is 0 Å². The van der Waals surface area contributed by atoms with Gasteiger partial charge >= 0.3 is 0 Å². The molecule has 0 fully saturated rings. The van der Waals surface area contributed by atoms with Gasteiger partial charge in [-0.05, 0) is 94.0 Å². The number of para-hydroxylation sites is 2. The second-order valence-electron chi connectivity index (χ2n) is 19.2. The van der Waals surface area contributed by atoms with Crippen molar-refractivity contribution in [1.82, 2.24) is 9.13 Å². The lowest BCUT2D eigenvalue weighted by Gasteiger charge is -2.22. The molecule has 15 rings (SSSR count). The third-order valence-electron chi connectivity index (χ3n) is 15.3. The molecule has 0 atom stereocenters. The molecule has 0 saturated carbocycles. The largest absolute Gasteiger partial charge is 0.456 e. The van der Waals surface area contributed by atoms with E-state index in [9.17, 15) is 0 Å². The highest BCUT2D eigenvalue weighted by Gasteiger charge is 2.39. The van der Waals surface area contributed by atoms with Crippen LogP contribution < -0.4 is 0 Å². The maximum absolute atomic E-state index is 6.66. The molecule has 13 aromatic rings. The monoisotopic (exact) mass is 820 g/mol. The summed E-state index contributed by atoms with van der Waals surface area (Å²) in [4.78, 5) is 0. The molecule has 0 radical (unpaired) electrons. The number of aromatic nitrogens is 2. The topological polar surface area (TPSA) is 36.1 Å². The summed E-state index contributed by atoms with van der Waals surface area (Å²) in [7, 11) is 0. The van der Waals surface area contributed by atoms with Crippen LogP contribution in [-0.2, 0) is 10.8 Å². The Morgan fingerprint density at radius 3 is 1.20 bits per heavy atom. The van der Waals surface area contributed by atoms with Crippen molar-refractivity contribution < 1.29 is 8.83 Å². The van der Waals surface area contributed by atoms with E-state index in [0.717, 1.165) is 65.9 Å². The molecule has 4 heterocycles. The van der Waals surface area contributed by atoms with Gasteiger partial charge in [0.2, 0.25) is 0 Å². The Labute approximate surface area is 368 Å². The molecule has 0 unspecified atom stereocenters. The fourth-order valence-corrected chi connectivity index (χ4v) is 12.5. The number of rotatable bonds is 2. The minimum absolute atomic E-state index is 0.146. The Kier molecular flexibility index (Phi) is 6.29. The summed E-state index contributed by atoms with van der Waals surface area (Å²) in [6.45, 7) is 9.47. The van der Waals surface area contributed by atoms with Crippen molar-refractivity contribution in [3.8, 4) is 33.6 Å². The molecule has 0 spiro atoms. The van der Waals surface area contributed by atoms with Crippen molar-refractivity contribution in [1.29, 1.82) is 0 Å². The van der Waals surface area contributed by atoms with Crippen LogP contribution in [-0.4, -0.2) is 9.13 Å². The molecule has 0 saturated heterocycles. The summed E-state index contributed by atoms with van der Waals surface area (Å²) >= 11 is 0. The number of hydrogen-bond acceptors (Lipinski definition) is 2. The molecule has 0 amide bonds. The van der Waals surface area contributed by atoms with Crippen molar-refractivity contribution >= 4 is 87.5 Å². The lowest BCUT2D eigenvalue weighted by Crippen LogP contribution is -2.15. The number of furan rings is 2. The van der Waals surface area contributed by atoms with Gasteiger partial charge < -0.3 is 18.0 Å². The van der Waals surface area contributed by atoms with Crippen molar-refractivity contribution in [2.75, 3.05) is 0 Å². The Hall–Kier alpha value is -7.82. The Balaban J connectivity index is 1.18. The second-order valence-corrected chi connectivity index (χ2v) is 19.2. The van der Waals surface area contributed by atoms with E-state index >= 15 is 0 Å². The number of fused-ring (bicyclic) bond motifs is 20. The zero-order valence-electron chi connectivity index (χ0n) is 35.9. The molecular weight excluding hydrogens is 781 g/mol. The van der Waals surface area contributed by atoms with Crippen molar-refractivity contribution in [2.45, 2.75) is 38.5 Å². The van der Waals surface area contributed by atoms with E-state index < -0.39 is 0 Å². The van der Waals surface area contributed by atoms with Gasteiger partial charge in [-0.15, -0.1) is 0 Å². The summed E-state index contributed by atoms with van der Waals surface area (Å²) in [5.74, 6) is 0. The van der Waals surface area contributed by atoms with Crippen molar-refractivity contribution in [3.63, 3.8) is 0 Å². The minimum Gasteiger partial charge on any atom is -0.456 e. The van der Waals surface area contributed by atoms with Crippen LogP contribution in [0.2, 0.25) is 0 Å². The van der Waals surface area contributed by atoms with Gasteiger partial charge in [-0.3, -0.25) is 0 Å². The molecule has 4 heteroatoms. The quantitative estimate of drug-likeness (QED) is 0.174. The van der Waals surface area contributed by atoms with Gasteiger partial charge in [-0.25, -0.2) is 0 Å². The SMILES string of the molecule is CC1(C)c2ccccc2-c2c(-n3c4cc5c6c7c(ccc6n(-c6cccc8c6-c6ccccc6C8(C)C)c5cc4c4c5c(ccc43)oc3ccccc35)oc3ccccc37)cccc21. The standard InChI is InChI=1S/C60H40N2O2/c1-59(2)39-19-9-5-15-33(39)53-41(59)21-13-23-43(53)61-45-27-29-51-57(35-17-7-11-25-49(35)63-51)55(45)37-32-48-38(31-47(37)61)56-46(28-30-52-58(56)36-18-8-12-26-50(36)64-52)62(48)44-24-14-22-42-54(44)34-16-6-10-20-40(34)60(42,3)4/h5-32H,1-4H3. The molecule has 302 valence electrons. The van der Waals surface area contributed by atoms with Crippen molar-refractivity contribution in [2.24, 2.45) is 0 Å². The van der Waals surface area contributed by atoms with E-state index in [1.807, 2.05) is 0 Å². The van der Waals surface area contributed by atoms with Crippen LogP contribution in [0.15, 0.2) is 179 Å². The van der Waals surface area contributed by atoms with Gasteiger partial charge in [0, 0.05) is 65.0 Å². The van der Waals surface area contributed by atoms with Gasteiger partial charge in [0.15, 0.2) is 0 Å². The number of hydrogen-bond donors (Lipinski definition) is 0. The first kappa shape index (κ1) is 34.7. The summed E-state index contributed by atoms with van der Waals surface area (Å²) in [6.07, 6.45) is 0. The highest BCUT2D eigenvalue weighted by atomic mass is 16.3. The van der Waals surface area contributed by atoms with Crippen LogP contribution in [0.5, 0.6) is 0 Å². The van der Waals surface area contributed by atoms with Crippen LogP contribution in [0.4, 0.5) is 0 Å². The van der Waals surface area contributed by atoms with Crippen molar-refractivity contribution in [3.05, 3.63) is 192 Å². The maximum atomic E-state index is 6.66. The predicted molar refractivity (Wildman–Crippen MR) is 265 cm³/mol. The average Bonchev–Trinajstić information content (AvgIpc) is 4.14. The number of benzene rings is 9. The van der Waals surface area contributed by atoms with E-state index in [0.29, 0.717) is 0 Å². The highest BCUT2D eigenvalue weighted by Crippen LogP contribution is 2.55. The molecule has 4 aromatic heterocycles. The van der Waals surface area contributed by atoms with E-state index in [4.69, 9.17) is 8.83 Å². The lowest BCUT2D eigenvalue weighted by atomic mass is 9.82. The molecule has 0 aliphatic heterocycles. The van der Waals surface area contributed by atoms with Crippen LogP contribution in [0, 0.1) is 0 Å². The van der Waals surface area contributed by atoms with Crippen LogP contribution in [0.1, 0.15) is 49.9 Å². The second kappa shape index (κ2) is 11.6. The molecule has 9 aromatic carbocycles. The number of nitrogens with zero attached hydrogens (tertiary/aromatic N) is 2. The first-order valence-corrected chi connectivity index (χ1v) is 22.4. The summed E-state index contributed by atoms with van der Waals surface area (Å²) in [5.41, 5.74) is 20.9. The molecule has 2 aliphatic rings. The Morgan fingerprint density at radius 1 is 0.328 bits per heavy atom. The zero-order valence-corrected chi connectivity index (χ0v) is 35.9. The van der Waals surface area contributed by atoms with Gasteiger partial charge in [-0.1, -0.05) is 137 Å².